The van der Waals surface area contributed by atoms with Crippen molar-refractivity contribution >= 4 is 21.6 Å². The van der Waals surface area contributed by atoms with Gasteiger partial charge >= 0.3 is 0 Å². The molecule has 1 amide bonds. The smallest absolute Gasteiger partial charge is 0.255 e. The SMILES string of the molecule is CCOc1ccc(C(=O)Nc2ccc(S(=O)(=O)N(C)C)cc2)cc1. The van der Waals surface area contributed by atoms with Crippen LogP contribution in [0.5, 0.6) is 5.75 Å². The summed E-state index contributed by atoms with van der Waals surface area (Å²) in [6.07, 6.45) is 0. The van der Waals surface area contributed by atoms with Crippen LogP contribution in [0.15, 0.2) is 53.4 Å². The van der Waals surface area contributed by atoms with E-state index in [9.17, 15) is 13.2 Å². The minimum absolute atomic E-state index is 0.173. The maximum absolute atomic E-state index is 12.2. The van der Waals surface area contributed by atoms with Crippen LogP contribution in [0.3, 0.4) is 0 Å². The molecule has 0 saturated carbocycles. The van der Waals surface area contributed by atoms with E-state index in [1.54, 1.807) is 36.4 Å². The zero-order valence-corrected chi connectivity index (χ0v) is 14.6. The number of carbonyl (C=O) groups is 1. The van der Waals surface area contributed by atoms with Gasteiger partial charge in [0.15, 0.2) is 0 Å². The molecule has 0 bridgehead atoms. The van der Waals surface area contributed by atoms with Gasteiger partial charge in [0.1, 0.15) is 5.75 Å². The van der Waals surface area contributed by atoms with E-state index in [0.717, 1.165) is 4.31 Å². The van der Waals surface area contributed by atoms with Crippen molar-refractivity contribution in [1.82, 2.24) is 4.31 Å². The Morgan fingerprint density at radius 2 is 1.62 bits per heavy atom. The normalized spacial score (nSPS) is 11.3. The van der Waals surface area contributed by atoms with E-state index in [-0.39, 0.29) is 10.8 Å². The molecule has 0 heterocycles. The van der Waals surface area contributed by atoms with E-state index < -0.39 is 10.0 Å². The highest BCUT2D eigenvalue weighted by Crippen LogP contribution is 2.18. The van der Waals surface area contributed by atoms with Gasteiger partial charge in [0.25, 0.3) is 5.91 Å². The van der Waals surface area contributed by atoms with Crippen molar-refractivity contribution in [2.45, 2.75) is 11.8 Å². The Hall–Kier alpha value is -2.38. The Balaban J connectivity index is 2.09. The molecule has 0 unspecified atom stereocenters. The third-order valence-corrected chi connectivity index (χ3v) is 5.15. The Labute approximate surface area is 142 Å². The summed E-state index contributed by atoms with van der Waals surface area (Å²) in [5.41, 5.74) is 1.01. The number of hydrogen-bond donors (Lipinski definition) is 1. The number of amides is 1. The zero-order valence-electron chi connectivity index (χ0n) is 13.8. The molecule has 6 nitrogen and oxygen atoms in total. The van der Waals surface area contributed by atoms with Crippen molar-refractivity contribution in [1.29, 1.82) is 0 Å². The van der Waals surface area contributed by atoms with Gasteiger partial charge in [-0.25, -0.2) is 12.7 Å². The van der Waals surface area contributed by atoms with Gasteiger partial charge in [0.05, 0.1) is 11.5 Å². The van der Waals surface area contributed by atoms with Crippen molar-refractivity contribution in [2.24, 2.45) is 0 Å². The maximum atomic E-state index is 12.2. The van der Waals surface area contributed by atoms with Gasteiger partial charge in [-0.3, -0.25) is 4.79 Å². The number of benzene rings is 2. The molecule has 1 N–H and O–H groups in total. The minimum Gasteiger partial charge on any atom is -0.494 e. The highest BCUT2D eigenvalue weighted by atomic mass is 32.2. The lowest BCUT2D eigenvalue weighted by molar-refractivity contribution is 0.102. The molecule has 2 aromatic carbocycles. The molecular weight excluding hydrogens is 328 g/mol. The predicted molar refractivity (Wildman–Crippen MR) is 92.9 cm³/mol. The second kappa shape index (κ2) is 7.46. The van der Waals surface area contributed by atoms with Crippen LogP contribution in [0.2, 0.25) is 0 Å². The van der Waals surface area contributed by atoms with Crippen molar-refractivity contribution in [3.63, 3.8) is 0 Å². The van der Waals surface area contributed by atoms with Gasteiger partial charge in [-0.2, -0.15) is 0 Å². The van der Waals surface area contributed by atoms with Gasteiger partial charge in [-0.15, -0.1) is 0 Å². The zero-order chi connectivity index (χ0) is 17.7. The fourth-order valence-corrected chi connectivity index (χ4v) is 2.90. The lowest BCUT2D eigenvalue weighted by atomic mass is 10.2. The van der Waals surface area contributed by atoms with Gasteiger partial charge in [0.2, 0.25) is 10.0 Å². The Bertz CT molecular complexity index is 797. The van der Waals surface area contributed by atoms with Crippen molar-refractivity contribution < 1.29 is 17.9 Å². The third-order valence-electron chi connectivity index (χ3n) is 3.32. The molecule has 0 aromatic heterocycles. The van der Waals surface area contributed by atoms with Crippen molar-refractivity contribution in [3.8, 4) is 5.75 Å². The lowest BCUT2D eigenvalue weighted by Crippen LogP contribution is -2.22. The molecule has 0 fully saturated rings. The standard InChI is InChI=1S/C17H20N2O4S/c1-4-23-15-9-5-13(6-10-15)17(20)18-14-7-11-16(12-8-14)24(21,22)19(2)3/h5-12H,4H2,1-3H3,(H,18,20). The number of rotatable bonds is 6. The van der Waals surface area contributed by atoms with Crippen LogP contribution in [0, 0.1) is 0 Å². The molecule has 24 heavy (non-hydrogen) atoms. The van der Waals surface area contributed by atoms with Gasteiger partial charge in [0, 0.05) is 25.3 Å². The molecule has 2 rings (SSSR count). The molecular formula is C17H20N2O4S. The summed E-state index contributed by atoms with van der Waals surface area (Å²) in [4.78, 5) is 12.4. The van der Waals surface area contributed by atoms with E-state index in [1.165, 1.54) is 26.2 Å². The fourth-order valence-electron chi connectivity index (χ4n) is 1.99. The van der Waals surface area contributed by atoms with Crippen molar-refractivity contribution in [2.75, 3.05) is 26.0 Å². The second-order valence-electron chi connectivity index (χ2n) is 5.22. The summed E-state index contributed by atoms with van der Waals surface area (Å²) in [7, 11) is -0.539. The summed E-state index contributed by atoms with van der Waals surface area (Å²) < 4.78 is 30.5. The molecule has 0 aliphatic rings. The topological polar surface area (TPSA) is 75.7 Å². The monoisotopic (exact) mass is 348 g/mol. The van der Waals surface area contributed by atoms with Crippen LogP contribution < -0.4 is 10.1 Å². The van der Waals surface area contributed by atoms with Crippen LogP contribution in [-0.4, -0.2) is 39.3 Å². The summed E-state index contributed by atoms with van der Waals surface area (Å²) in [6, 6.07) is 12.8. The molecule has 128 valence electrons. The number of anilines is 1. The average molecular weight is 348 g/mol. The first-order chi connectivity index (χ1) is 11.3. The van der Waals surface area contributed by atoms with E-state index in [1.807, 2.05) is 6.92 Å². The third kappa shape index (κ3) is 4.12. The minimum atomic E-state index is -3.48. The highest BCUT2D eigenvalue weighted by Gasteiger charge is 2.16. The Morgan fingerprint density at radius 1 is 1.04 bits per heavy atom. The van der Waals surface area contributed by atoms with Crippen LogP contribution in [-0.2, 0) is 10.0 Å². The van der Waals surface area contributed by atoms with Crippen LogP contribution in [0.25, 0.3) is 0 Å². The van der Waals surface area contributed by atoms with Crippen LogP contribution in [0.1, 0.15) is 17.3 Å². The molecule has 0 aliphatic heterocycles. The first-order valence-electron chi connectivity index (χ1n) is 7.41. The number of hydrogen-bond acceptors (Lipinski definition) is 4. The number of nitrogens with zero attached hydrogens (tertiary/aromatic N) is 1. The molecule has 0 radical (unpaired) electrons. The second-order valence-corrected chi connectivity index (χ2v) is 7.38. The lowest BCUT2D eigenvalue weighted by Gasteiger charge is -2.12. The molecule has 0 aliphatic carbocycles. The highest BCUT2D eigenvalue weighted by molar-refractivity contribution is 7.89. The summed E-state index contributed by atoms with van der Waals surface area (Å²) in [5, 5.41) is 2.73. The predicted octanol–water partition coefficient (Wildman–Crippen LogP) is 2.59. The molecule has 2 aromatic rings. The summed E-state index contributed by atoms with van der Waals surface area (Å²) >= 11 is 0. The molecule has 0 spiro atoms. The average Bonchev–Trinajstić information content (AvgIpc) is 2.56. The fraction of sp³-hybridized carbons (Fsp3) is 0.235. The Kier molecular flexibility index (Phi) is 5.58. The van der Waals surface area contributed by atoms with Crippen LogP contribution in [0.4, 0.5) is 5.69 Å². The van der Waals surface area contributed by atoms with E-state index in [2.05, 4.69) is 5.32 Å². The maximum Gasteiger partial charge on any atom is 0.255 e. The first kappa shape index (κ1) is 18.0. The summed E-state index contributed by atoms with van der Waals surface area (Å²) in [6.45, 7) is 2.45. The van der Waals surface area contributed by atoms with Crippen molar-refractivity contribution in [3.05, 3.63) is 54.1 Å². The number of ether oxygens (including phenoxy) is 1. The Morgan fingerprint density at radius 3 is 2.12 bits per heavy atom. The van der Waals surface area contributed by atoms with Gasteiger partial charge < -0.3 is 10.1 Å². The van der Waals surface area contributed by atoms with Gasteiger partial charge in [-0.05, 0) is 55.5 Å². The van der Waals surface area contributed by atoms with Crippen LogP contribution >= 0.6 is 0 Å². The molecule has 7 heteroatoms. The number of nitrogens with one attached hydrogen (secondary N) is 1. The quantitative estimate of drug-likeness (QED) is 0.870. The first-order valence-corrected chi connectivity index (χ1v) is 8.85. The van der Waals surface area contributed by atoms with E-state index >= 15 is 0 Å². The number of carbonyl (C=O) groups excluding carboxylic acids is 1. The molecule has 0 saturated heterocycles. The largest absolute Gasteiger partial charge is 0.494 e. The van der Waals surface area contributed by atoms with Gasteiger partial charge in [-0.1, -0.05) is 0 Å². The summed E-state index contributed by atoms with van der Waals surface area (Å²) in [5.74, 6) is 0.425. The van der Waals surface area contributed by atoms with E-state index in [4.69, 9.17) is 4.74 Å². The number of sulfonamides is 1. The van der Waals surface area contributed by atoms with E-state index in [0.29, 0.717) is 23.6 Å². The molecule has 0 atom stereocenters.